The van der Waals surface area contributed by atoms with Crippen molar-refractivity contribution in [3.63, 3.8) is 0 Å². The number of rotatable bonds is 6. The number of nitrogens with one attached hydrogen (secondary N) is 3. The lowest BCUT2D eigenvalue weighted by Gasteiger charge is -2.11. The Balaban J connectivity index is 1.59. The fraction of sp³-hybridized carbons (Fsp3) is 0.217. The van der Waals surface area contributed by atoms with Crippen LogP contribution in [-0.4, -0.2) is 26.6 Å². The van der Waals surface area contributed by atoms with Crippen LogP contribution >= 0.6 is 0 Å². The van der Waals surface area contributed by atoms with Crippen LogP contribution in [0.3, 0.4) is 0 Å². The zero-order chi connectivity index (χ0) is 21.8. The molecule has 2 aromatic carbocycles. The summed E-state index contributed by atoms with van der Waals surface area (Å²) in [6, 6.07) is 14.2. The largest absolute Gasteiger partial charge is 0.360 e. The van der Waals surface area contributed by atoms with E-state index in [2.05, 4.69) is 27.9 Å². The summed E-state index contributed by atoms with van der Waals surface area (Å²) in [5.74, 6) is -1.04. The van der Waals surface area contributed by atoms with E-state index in [4.69, 9.17) is 0 Å². The van der Waals surface area contributed by atoms with Crippen LogP contribution in [0.2, 0.25) is 0 Å². The molecular weight excluding hydrogens is 394 g/mol. The van der Waals surface area contributed by atoms with Crippen LogP contribution in [0.4, 0.5) is 0 Å². The number of carbonyl (C=O) groups excluding carboxylic acids is 2. The molecule has 0 atom stereocenters. The maximum atomic E-state index is 12.9. The number of hydrogen-bond donors (Lipinski definition) is 3. The summed E-state index contributed by atoms with van der Waals surface area (Å²) in [4.78, 5) is 41.2. The third-order valence-electron chi connectivity index (χ3n) is 5.18. The first-order valence-electron chi connectivity index (χ1n) is 10.3. The van der Waals surface area contributed by atoms with Gasteiger partial charge in [0.05, 0.1) is 10.9 Å². The second-order valence-electron chi connectivity index (χ2n) is 7.29. The fourth-order valence-electron chi connectivity index (χ4n) is 3.57. The average Bonchev–Trinajstić information content (AvgIpc) is 3.23. The first-order valence-corrected chi connectivity index (χ1v) is 10.3. The zero-order valence-corrected chi connectivity index (χ0v) is 17.1. The fourth-order valence-corrected chi connectivity index (χ4v) is 3.57. The number of hydrazine groups is 1. The van der Waals surface area contributed by atoms with Crippen molar-refractivity contribution >= 4 is 33.5 Å². The Morgan fingerprint density at radius 3 is 2.39 bits per heavy atom. The Morgan fingerprint density at radius 2 is 1.61 bits per heavy atom. The van der Waals surface area contributed by atoms with Gasteiger partial charge in [0.15, 0.2) is 5.69 Å². The van der Waals surface area contributed by atoms with E-state index in [9.17, 15) is 14.4 Å². The van der Waals surface area contributed by atoms with E-state index >= 15 is 0 Å². The molecule has 0 unspecified atom stereocenters. The number of carbonyl (C=O) groups is 2. The minimum Gasteiger partial charge on any atom is -0.360 e. The summed E-state index contributed by atoms with van der Waals surface area (Å²) in [7, 11) is 0. The summed E-state index contributed by atoms with van der Waals surface area (Å²) in [5.41, 5.74) is 5.97. The molecule has 2 amide bonds. The van der Waals surface area contributed by atoms with Crippen molar-refractivity contribution in [3.8, 4) is 0 Å². The van der Waals surface area contributed by atoms with Crippen molar-refractivity contribution in [2.75, 3.05) is 0 Å². The molecule has 4 aromatic rings. The van der Waals surface area contributed by atoms with Crippen molar-refractivity contribution in [2.24, 2.45) is 0 Å². The molecule has 3 N–H and O–H groups in total. The molecule has 31 heavy (non-hydrogen) atoms. The molecule has 8 nitrogen and oxygen atoms in total. The van der Waals surface area contributed by atoms with Gasteiger partial charge in [0.1, 0.15) is 0 Å². The van der Waals surface area contributed by atoms with Crippen LogP contribution in [-0.2, 0) is 6.54 Å². The predicted molar refractivity (Wildman–Crippen MR) is 119 cm³/mol. The van der Waals surface area contributed by atoms with Crippen LogP contribution in [0.1, 0.15) is 47.0 Å². The second-order valence-corrected chi connectivity index (χ2v) is 7.29. The van der Waals surface area contributed by atoms with Crippen LogP contribution in [0.25, 0.3) is 21.7 Å². The Bertz CT molecular complexity index is 1320. The highest BCUT2D eigenvalue weighted by Gasteiger charge is 2.18. The molecular formula is C23H23N5O3. The van der Waals surface area contributed by atoms with Crippen LogP contribution in [0.5, 0.6) is 0 Å². The number of para-hydroxylation sites is 1. The highest BCUT2D eigenvalue weighted by atomic mass is 16.2. The zero-order valence-electron chi connectivity index (χ0n) is 17.1. The van der Waals surface area contributed by atoms with Gasteiger partial charge in [0.2, 0.25) is 0 Å². The second kappa shape index (κ2) is 8.83. The Morgan fingerprint density at radius 1 is 0.935 bits per heavy atom. The van der Waals surface area contributed by atoms with Gasteiger partial charge in [-0.05, 0) is 18.6 Å². The van der Waals surface area contributed by atoms with Crippen LogP contribution < -0.4 is 16.4 Å². The van der Waals surface area contributed by atoms with Gasteiger partial charge in [-0.2, -0.15) is 5.10 Å². The summed E-state index contributed by atoms with van der Waals surface area (Å²) >= 11 is 0. The van der Waals surface area contributed by atoms with Crippen molar-refractivity contribution in [2.45, 2.75) is 32.7 Å². The lowest BCUT2D eigenvalue weighted by molar-refractivity contribution is 0.0844. The van der Waals surface area contributed by atoms with E-state index < -0.39 is 11.8 Å². The first-order chi connectivity index (χ1) is 15.1. The number of unbranched alkanes of at least 4 members (excludes halogenated alkanes) is 2. The Labute approximate surface area is 178 Å². The molecule has 8 heteroatoms. The van der Waals surface area contributed by atoms with Gasteiger partial charge in [-0.1, -0.05) is 56.2 Å². The summed E-state index contributed by atoms with van der Waals surface area (Å²) in [5, 5.41) is 5.91. The van der Waals surface area contributed by atoms with Crippen molar-refractivity contribution in [3.05, 3.63) is 76.3 Å². The highest BCUT2D eigenvalue weighted by Crippen LogP contribution is 2.17. The number of nitrogens with zero attached hydrogens (tertiary/aromatic N) is 2. The number of aromatic amines is 1. The third-order valence-corrected chi connectivity index (χ3v) is 5.18. The Hall–Kier alpha value is -3.94. The van der Waals surface area contributed by atoms with E-state index in [0.717, 1.165) is 30.2 Å². The number of H-pyrrole nitrogens is 1. The van der Waals surface area contributed by atoms with Gasteiger partial charge in [0, 0.05) is 29.0 Å². The molecule has 158 valence electrons. The number of fused-ring (bicyclic) bond motifs is 2. The molecule has 2 aromatic heterocycles. The van der Waals surface area contributed by atoms with Gasteiger partial charge in [-0.15, -0.1) is 0 Å². The number of amides is 2. The predicted octanol–water partition coefficient (Wildman–Crippen LogP) is 3.14. The van der Waals surface area contributed by atoms with Crippen LogP contribution in [0.15, 0.2) is 59.5 Å². The first kappa shape index (κ1) is 20.3. The van der Waals surface area contributed by atoms with E-state index in [1.54, 1.807) is 30.5 Å². The standard InChI is InChI=1S/C23H23N5O3/c1-2-3-8-13-28-23(31)17-11-5-4-10-16(17)20(27-28)22(30)26-25-21(29)18-14-24-19-12-7-6-9-15(18)19/h4-7,9-12,14,24H,2-3,8,13H2,1H3,(H,25,29)(H,26,30). The Kier molecular flexibility index (Phi) is 5.79. The molecule has 0 aliphatic rings. The maximum Gasteiger partial charge on any atom is 0.290 e. The molecule has 0 radical (unpaired) electrons. The van der Waals surface area contributed by atoms with E-state index in [1.165, 1.54) is 4.68 Å². The molecule has 2 heterocycles. The molecule has 0 spiro atoms. The van der Waals surface area contributed by atoms with E-state index in [0.29, 0.717) is 22.9 Å². The molecule has 0 aliphatic carbocycles. The number of benzene rings is 2. The van der Waals surface area contributed by atoms with Crippen LogP contribution in [0, 0.1) is 0 Å². The molecule has 4 rings (SSSR count). The maximum absolute atomic E-state index is 12.9. The normalized spacial score (nSPS) is 11.0. The lowest BCUT2D eigenvalue weighted by atomic mass is 10.1. The van der Waals surface area contributed by atoms with E-state index in [1.807, 2.05) is 24.3 Å². The number of hydrogen-bond acceptors (Lipinski definition) is 4. The smallest absolute Gasteiger partial charge is 0.290 e. The van der Waals surface area contributed by atoms with Gasteiger partial charge >= 0.3 is 0 Å². The summed E-state index contributed by atoms with van der Waals surface area (Å²) in [6.07, 6.45) is 4.35. The van der Waals surface area contributed by atoms with Gasteiger partial charge in [0.25, 0.3) is 17.4 Å². The van der Waals surface area contributed by atoms with Crippen molar-refractivity contribution in [1.29, 1.82) is 0 Å². The molecule has 0 fully saturated rings. The number of aromatic nitrogens is 3. The monoisotopic (exact) mass is 417 g/mol. The van der Waals surface area contributed by atoms with Crippen molar-refractivity contribution < 1.29 is 9.59 Å². The quantitative estimate of drug-likeness (QED) is 0.331. The van der Waals surface area contributed by atoms with E-state index in [-0.39, 0.29) is 11.3 Å². The minimum absolute atomic E-state index is 0.0888. The van der Waals surface area contributed by atoms with Gasteiger partial charge < -0.3 is 4.98 Å². The molecule has 0 saturated carbocycles. The third kappa shape index (κ3) is 4.05. The average molecular weight is 417 g/mol. The number of aryl methyl sites for hydroxylation is 1. The SMILES string of the molecule is CCCCCn1nc(C(=O)NNC(=O)c2c[nH]c3ccccc23)c2ccccc2c1=O. The van der Waals surface area contributed by atoms with Gasteiger partial charge in [-0.25, -0.2) is 4.68 Å². The topological polar surface area (TPSA) is 109 Å². The summed E-state index contributed by atoms with van der Waals surface area (Å²) < 4.78 is 1.33. The molecule has 0 saturated heterocycles. The lowest BCUT2D eigenvalue weighted by Crippen LogP contribution is -2.42. The van der Waals surface area contributed by atoms with Gasteiger partial charge in [-0.3, -0.25) is 25.2 Å². The van der Waals surface area contributed by atoms with Crippen molar-refractivity contribution in [1.82, 2.24) is 25.6 Å². The summed E-state index contributed by atoms with van der Waals surface area (Å²) in [6.45, 7) is 2.51. The molecule has 0 aliphatic heterocycles. The molecule has 0 bridgehead atoms. The minimum atomic E-state index is -0.589. The highest BCUT2D eigenvalue weighted by molar-refractivity contribution is 6.09.